The van der Waals surface area contributed by atoms with Gasteiger partial charge >= 0.3 is 5.97 Å². The van der Waals surface area contributed by atoms with Gasteiger partial charge in [-0.1, -0.05) is 12.2 Å². The molecule has 0 atom stereocenters. The highest BCUT2D eigenvalue weighted by atomic mass is 32.2. The van der Waals surface area contributed by atoms with E-state index in [4.69, 9.17) is 9.84 Å². The molecule has 2 aliphatic rings. The molecule has 6 nitrogen and oxygen atoms in total. The van der Waals surface area contributed by atoms with E-state index in [1.54, 1.807) is 6.08 Å². The number of rotatable bonds is 3. The zero-order valence-electron chi connectivity index (χ0n) is 12.2. The van der Waals surface area contributed by atoms with E-state index in [1.807, 2.05) is 6.08 Å². The van der Waals surface area contributed by atoms with Crippen LogP contribution in [-0.4, -0.2) is 49.1 Å². The number of carboxylic acids is 1. The minimum atomic E-state index is -4.01. The van der Waals surface area contributed by atoms with Crippen molar-refractivity contribution in [2.75, 3.05) is 19.8 Å². The summed E-state index contributed by atoms with van der Waals surface area (Å²) < 4.78 is 46.1. The lowest BCUT2D eigenvalue weighted by Crippen LogP contribution is -2.50. The normalized spacial score (nSPS) is 20.9. The molecule has 0 amide bonds. The largest absolute Gasteiger partial charge is 0.478 e. The zero-order chi connectivity index (χ0) is 16.7. The fraction of sp³-hybridized carbons (Fsp3) is 0.400. The van der Waals surface area contributed by atoms with E-state index >= 15 is 0 Å². The van der Waals surface area contributed by atoms with Crippen LogP contribution in [0.5, 0.6) is 0 Å². The van der Waals surface area contributed by atoms with Gasteiger partial charge < -0.3 is 9.84 Å². The maximum Gasteiger partial charge on any atom is 0.335 e. The molecule has 2 heterocycles. The number of nitrogens with zero attached hydrogens (tertiary/aromatic N) is 1. The summed E-state index contributed by atoms with van der Waals surface area (Å²) in [5.41, 5.74) is -1.07. The molecule has 1 fully saturated rings. The molecule has 1 spiro atoms. The second kappa shape index (κ2) is 5.70. The molecule has 8 heteroatoms. The topological polar surface area (TPSA) is 83.9 Å². The first-order valence-corrected chi connectivity index (χ1v) is 8.61. The number of halogens is 1. The third kappa shape index (κ3) is 2.77. The molecular weight excluding hydrogens is 325 g/mol. The van der Waals surface area contributed by atoms with Gasteiger partial charge in [0.05, 0.1) is 16.0 Å². The first kappa shape index (κ1) is 16.1. The first-order valence-electron chi connectivity index (χ1n) is 7.17. The average molecular weight is 341 g/mol. The number of carboxylic acid groups (broad SMARTS) is 1. The lowest BCUT2D eigenvalue weighted by atomic mass is 9.92. The molecule has 3 rings (SSSR count). The highest BCUT2D eigenvalue weighted by molar-refractivity contribution is 7.89. The average Bonchev–Trinajstić information content (AvgIpc) is 2.91. The van der Waals surface area contributed by atoms with Crippen molar-refractivity contribution in [3.63, 3.8) is 0 Å². The van der Waals surface area contributed by atoms with Crippen LogP contribution in [0.1, 0.15) is 23.2 Å². The van der Waals surface area contributed by atoms with Crippen LogP contribution in [0.2, 0.25) is 0 Å². The van der Waals surface area contributed by atoms with Gasteiger partial charge in [0.25, 0.3) is 0 Å². The van der Waals surface area contributed by atoms with E-state index in [0.29, 0.717) is 26.1 Å². The number of hydrogen-bond donors (Lipinski definition) is 1. The zero-order valence-corrected chi connectivity index (χ0v) is 13.1. The molecule has 2 aliphatic heterocycles. The summed E-state index contributed by atoms with van der Waals surface area (Å²) in [6.45, 7) is 1.07. The van der Waals surface area contributed by atoms with Gasteiger partial charge in [-0.3, -0.25) is 0 Å². The van der Waals surface area contributed by atoms with Crippen molar-refractivity contribution in [1.29, 1.82) is 0 Å². The number of benzene rings is 1. The van der Waals surface area contributed by atoms with Crippen molar-refractivity contribution < 1.29 is 27.4 Å². The van der Waals surface area contributed by atoms with Crippen molar-refractivity contribution in [2.24, 2.45) is 0 Å². The van der Waals surface area contributed by atoms with Gasteiger partial charge in [-0.25, -0.2) is 17.6 Å². The van der Waals surface area contributed by atoms with Crippen LogP contribution in [0.25, 0.3) is 0 Å². The number of hydrogen-bond acceptors (Lipinski definition) is 4. The monoisotopic (exact) mass is 341 g/mol. The number of carbonyl (C=O) groups is 1. The van der Waals surface area contributed by atoms with Crippen LogP contribution in [0.4, 0.5) is 4.39 Å². The summed E-state index contributed by atoms with van der Waals surface area (Å²) in [5.74, 6) is -2.27. The highest BCUT2D eigenvalue weighted by Crippen LogP contribution is 2.37. The lowest BCUT2D eigenvalue weighted by molar-refractivity contribution is 0.0355. The summed E-state index contributed by atoms with van der Waals surface area (Å²) in [6, 6.07) is 2.65. The Morgan fingerprint density at radius 1 is 1.26 bits per heavy atom. The Morgan fingerprint density at radius 3 is 2.61 bits per heavy atom. The Morgan fingerprint density at radius 2 is 1.96 bits per heavy atom. The molecule has 0 radical (unpaired) electrons. The second-order valence-corrected chi connectivity index (χ2v) is 7.50. The molecule has 1 aromatic carbocycles. The van der Waals surface area contributed by atoms with E-state index in [-0.39, 0.29) is 11.4 Å². The van der Waals surface area contributed by atoms with Crippen molar-refractivity contribution in [1.82, 2.24) is 4.31 Å². The second-order valence-electron chi connectivity index (χ2n) is 5.64. The third-order valence-corrected chi connectivity index (χ3v) is 6.19. The number of ether oxygens (including phenoxy) is 1. The van der Waals surface area contributed by atoms with Gasteiger partial charge in [-0.15, -0.1) is 0 Å². The minimum absolute atomic E-state index is 0.182. The SMILES string of the molecule is O=C(O)c1cc(F)cc(S(=O)(=O)N2CC=CC23CCOCC3)c1. The Balaban J connectivity index is 2.03. The molecule has 0 aromatic heterocycles. The van der Waals surface area contributed by atoms with E-state index in [9.17, 15) is 17.6 Å². The van der Waals surface area contributed by atoms with Crippen LogP contribution in [-0.2, 0) is 14.8 Å². The van der Waals surface area contributed by atoms with Crippen LogP contribution >= 0.6 is 0 Å². The van der Waals surface area contributed by atoms with E-state index in [0.717, 1.165) is 18.2 Å². The molecule has 0 bridgehead atoms. The first-order chi connectivity index (χ1) is 10.8. The van der Waals surface area contributed by atoms with Gasteiger partial charge in [-0.05, 0) is 31.0 Å². The van der Waals surface area contributed by atoms with Crippen molar-refractivity contribution in [2.45, 2.75) is 23.3 Å². The molecule has 1 aromatic rings. The minimum Gasteiger partial charge on any atom is -0.478 e. The quantitative estimate of drug-likeness (QED) is 0.845. The Hall–Kier alpha value is -1.77. The van der Waals surface area contributed by atoms with Gasteiger partial charge in [0.15, 0.2) is 0 Å². The summed E-state index contributed by atoms with van der Waals surface area (Å²) >= 11 is 0. The lowest BCUT2D eigenvalue weighted by Gasteiger charge is -2.39. The highest BCUT2D eigenvalue weighted by Gasteiger charge is 2.45. The van der Waals surface area contributed by atoms with Gasteiger partial charge in [0.1, 0.15) is 5.82 Å². The molecule has 1 saturated heterocycles. The maximum atomic E-state index is 13.7. The van der Waals surface area contributed by atoms with Gasteiger partial charge in [0, 0.05) is 19.8 Å². The fourth-order valence-corrected chi connectivity index (χ4v) is 4.87. The fourth-order valence-electron chi connectivity index (χ4n) is 3.07. The van der Waals surface area contributed by atoms with Crippen LogP contribution < -0.4 is 0 Å². The molecular formula is C15H16FNO5S. The van der Waals surface area contributed by atoms with Gasteiger partial charge in [-0.2, -0.15) is 4.31 Å². The predicted molar refractivity (Wildman–Crippen MR) is 79.2 cm³/mol. The smallest absolute Gasteiger partial charge is 0.335 e. The van der Waals surface area contributed by atoms with E-state index in [2.05, 4.69) is 0 Å². The third-order valence-electron chi connectivity index (χ3n) is 4.26. The number of sulfonamides is 1. The van der Waals surface area contributed by atoms with Crippen molar-refractivity contribution >= 4 is 16.0 Å². The molecule has 0 aliphatic carbocycles. The van der Waals surface area contributed by atoms with Crippen LogP contribution in [0.3, 0.4) is 0 Å². The standard InChI is InChI=1S/C15H16FNO5S/c16-12-8-11(14(18)19)9-13(10-12)23(20,21)17-5-1-2-15(17)3-6-22-7-4-15/h1-2,8-10H,3-7H2,(H,18,19). The van der Waals surface area contributed by atoms with E-state index in [1.165, 1.54) is 4.31 Å². The summed E-state index contributed by atoms with van der Waals surface area (Å²) in [6.07, 6.45) is 4.65. The maximum absolute atomic E-state index is 13.7. The molecule has 0 unspecified atom stereocenters. The Bertz CT molecular complexity index is 768. The molecule has 1 N–H and O–H groups in total. The van der Waals surface area contributed by atoms with Crippen LogP contribution in [0.15, 0.2) is 35.2 Å². The Kier molecular flexibility index (Phi) is 3.99. The van der Waals surface area contributed by atoms with Crippen molar-refractivity contribution in [3.8, 4) is 0 Å². The molecule has 124 valence electrons. The Labute approximate surface area is 133 Å². The van der Waals surface area contributed by atoms with E-state index < -0.39 is 32.9 Å². The predicted octanol–water partition coefficient (Wildman–Crippen LogP) is 1.63. The number of aromatic carboxylic acids is 1. The van der Waals surface area contributed by atoms with Crippen molar-refractivity contribution in [3.05, 3.63) is 41.7 Å². The molecule has 23 heavy (non-hydrogen) atoms. The summed E-state index contributed by atoms with van der Waals surface area (Å²) in [7, 11) is -4.01. The van der Waals surface area contributed by atoms with Gasteiger partial charge in [0.2, 0.25) is 10.0 Å². The van der Waals surface area contributed by atoms with Crippen LogP contribution in [0, 0.1) is 5.82 Å². The molecule has 0 saturated carbocycles. The summed E-state index contributed by atoms with van der Waals surface area (Å²) in [4.78, 5) is 10.7. The summed E-state index contributed by atoms with van der Waals surface area (Å²) in [5, 5.41) is 9.00.